The monoisotopic (exact) mass is 165 g/mol. The molecule has 0 bridgehead atoms. The molecule has 0 spiro atoms. The molecule has 3 heteroatoms. The lowest BCUT2D eigenvalue weighted by atomic mass is 10.3. The summed E-state index contributed by atoms with van der Waals surface area (Å²) in [6.07, 6.45) is 7.81. The summed E-state index contributed by atoms with van der Waals surface area (Å²) in [6.45, 7) is 2.04. The maximum Gasteiger partial charge on any atom is 0.257 e. The molecular formula is C9H11NO2. The van der Waals surface area contributed by atoms with Crippen LogP contribution in [0.4, 0.5) is 0 Å². The molecule has 0 aromatic carbocycles. The third-order valence-electron chi connectivity index (χ3n) is 1.55. The van der Waals surface area contributed by atoms with Crippen molar-refractivity contribution >= 4 is 11.8 Å². The van der Waals surface area contributed by atoms with Gasteiger partial charge in [0.2, 0.25) is 0 Å². The van der Waals surface area contributed by atoms with E-state index in [0.29, 0.717) is 0 Å². The third kappa shape index (κ3) is 1.81. The highest BCUT2D eigenvalue weighted by atomic mass is 16.2. The van der Waals surface area contributed by atoms with Gasteiger partial charge >= 0.3 is 0 Å². The van der Waals surface area contributed by atoms with Crippen molar-refractivity contribution in [3.05, 3.63) is 24.4 Å². The lowest BCUT2D eigenvalue weighted by Crippen LogP contribution is -2.23. The van der Waals surface area contributed by atoms with E-state index in [-0.39, 0.29) is 11.8 Å². The minimum atomic E-state index is -0.257. The largest absolute Gasteiger partial charge is 0.269 e. The molecule has 0 radical (unpaired) electrons. The van der Waals surface area contributed by atoms with E-state index in [1.54, 1.807) is 0 Å². The van der Waals surface area contributed by atoms with Gasteiger partial charge in [-0.25, -0.2) is 0 Å². The predicted molar refractivity (Wildman–Crippen MR) is 45.0 cm³/mol. The lowest BCUT2D eigenvalue weighted by Gasteiger charge is -2.05. The first kappa shape index (κ1) is 8.71. The Labute approximate surface area is 71.4 Å². The molecule has 0 fully saturated rings. The topological polar surface area (TPSA) is 37.4 Å². The zero-order chi connectivity index (χ0) is 8.97. The summed E-state index contributed by atoms with van der Waals surface area (Å²) in [5.74, 6) is -0.514. The van der Waals surface area contributed by atoms with Gasteiger partial charge in [-0.3, -0.25) is 14.5 Å². The van der Waals surface area contributed by atoms with Crippen LogP contribution in [-0.4, -0.2) is 16.7 Å². The number of rotatable bonds is 3. The summed E-state index contributed by atoms with van der Waals surface area (Å²) >= 11 is 0. The summed E-state index contributed by atoms with van der Waals surface area (Å²) < 4.78 is 0. The maximum atomic E-state index is 10.9. The Kier molecular flexibility index (Phi) is 2.80. The average Bonchev–Trinajstić information content (AvgIpc) is 2.35. The van der Waals surface area contributed by atoms with Crippen LogP contribution in [0.5, 0.6) is 0 Å². The van der Waals surface area contributed by atoms with E-state index in [1.165, 1.54) is 18.4 Å². The van der Waals surface area contributed by atoms with Crippen molar-refractivity contribution in [2.45, 2.75) is 19.8 Å². The molecule has 0 unspecified atom stereocenters. The van der Waals surface area contributed by atoms with Crippen LogP contribution in [0, 0.1) is 0 Å². The van der Waals surface area contributed by atoms with Crippen LogP contribution >= 0.6 is 0 Å². The zero-order valence-electron chi connectivity index (χ0n) is 6.99. The molecule has 1 heterocycles. The second-order valence-corrected chi connectivity index (χ2v) is 2.55. The molecule has 0 aromatic heterocycles. The Morgan fingerprint density at radius 3 is 2.42 bits per heavy atom. The summed E-state index contributed by atoms with van der Waals surface area (Å²) in [4.78, 5) is 23.0. The number of carbonyl (C=O) groups excluding carboxylic acids is 2. The molecule has 2 amide bonds. The fraction of sp³-hybridized carbons (Fsp3) is 0.333. The first-order valence-corrected chi connectivity index (χ1v) is 3.97. The standard InChI is InChI=1S/C9H11NO2/c1-2-3-4-7-10-8(11)5-6-9(10)12/h4-7H,2-3H2,1H3. The van der Waals surface area contributed by atoms with E-state index in [1.807, 2.05) is 13.0 Å². The normalized spacial score (nSPS) is 16.9. The highest BCUT2D eigenvalue weighted by Crippen LogP contribution is 2.04. The van der Waals surface area contributed by atoms with Gasteiger partial charge in [-0.2, -0.15) is 0 Å². The number of carbonyl (C=O) groups is 2. The Bertz CT molecular complexity index is 235. The Morgan fingerprint density at radius 1 is 1.33 bits per heavy atom. The van der Waals surface area contributed by atoms with Crippen molar-refractivity contribution < 1.29 is 9.59 Å². The molecule has 0 saturated heterocycles. The molecule has 3 nitrogen and oxygen atoms in total. The predicted octanol–water partition coefficient (Wildman–Crippen LogP) is 1.23. The minimum Gasteiger partial charge on any atom is -0.269 e. The van der Waals surface area contributed by atoms with Gasteiger partial charge in [0.1, 0.15) is 0 Å². The molecular weight excluding hydrogens is 154 g/mol. The van der Waals surface area contributed by atoms with Gasteiger partial charge in [-0.1, -0.05) is 19.4 Å². The number of unbranched alkanes of at least 4 members (excludes halogenated alkanes) is 1. The molecule has 12 heavy (non-hydrogen) atoms. The molecule has 64 valence electrons. The Morgan fingerprint density at radius 2 is 1.92 bits per heavy atom. The molecule has 1 rings (SSSR count). The van der Waals surface area contributed by atoms with E-state index in [0.717, 1.165) is 17.7 Å². The molecule has 0 atom stereocenters. The molecule has 0 aliphatic carbocycles. The quantitative estimate of drug-likeness (QED) is 0.590. The van der Waals surface area contributed by atoms with Gasteiger partial charge in [-0.05, 0) is 6.42 Å². The van der Waals surface area contributed by atoms with Crippen molar-refractivity contribution in [3.63, 3.8) is 0 Å². The molecule has 0 N–H and O–H groups in total. The van der Waals surface area contributed by atoms with E-state index >= 15 is 0 Å². The van der Waals surface area contributed by atoms with Gasteiger partial charge in [-0.15, -0.1) is 0 Å². The number of amides is 2. The first-order chi connectivity index (χ1) is 5.75. The molecule has 0 aromatic rings. The highest BCUT2D eigenvalue weighted by molar-refractivity contribution is 6.13. The molecule has 0 saturated carbocycles. The number of allylic oxidation sites excluding steroid dienone is 1. The van der Waals surface area contributed by atoms with Crippen LogP contribution in [0.15, 0.2) is 24.4 Å². The highest BCUT2D eigenvalue weighted by Gasteiger charge is 2.19. The van der Waals surface area contributed by atoms with Crippen molar-refractivity contribution in [1.82, 2.24) is 4.90 Å². The zero-order valence-corrected chi connectivity index (χ0v) is 6.99. The van der Waals surface area contributed by atoms with Crippen molar-refractivity contribution in [2.75, 3.05) is 0 Å². The van der Waals surface area contributed by atoms with E-state index < -0.39 is 0 Å². The van der Waals surface area contributed by atoms with Crippen molar-refractivity contribution in [3.8, 4) is 0 Å². The second-order valence-electron chi connectivity index (χ2n) is 2.55. The summed E-state index contributed by atoms with van der Waals surface area (Å²) in [5.41, 5.74) is 0. The van der Waals surface area contributed by atoms with Crippen LogP contribution in [0.2, 0.25) is 0 Å². The summed E-state index contributed by atoms with van der Waals surface area (Å²) in [5, 5.41) is 0. The van der Waals surface area contributed by atoms with Crippen LogP contribution < -0.4 is 0 Å². The molecule has 1 aliphatic heterocycles. The average molecular weight is 165 g/mol. The summed E-state index contributed by atoms with van der Waals surface area (Å²) in [6, 6.07) is 0. The molecule has 1 aliphatic rings. The Balaban J connectivity index is 2.53. The lowest BCUT2D eigenvalue weighted by molar-refractivity contribution is -0.133. The number of nitrogens with zero attached hydrogens (tertiary/aromatic N) is 1. The number of hydrogen-bond donors (Lipinski definition) is 0. The van der Waals surface area contributed by atoms with Crippen molar-refractivity contribution in [1.29, 1.82) is 0 Å². The van der Waals surface area contributed by atoms with Gasteiger partial charge in [0.25, 0.3) is 11.8 Å². The fourth-order valence-electron chi connectivity index (χ4n) is 0.905. The Hall–Kier alpha value is -1.38. The van der Waals surface area contributed by atoms with Crippen LogP contribution in [0.25, 0.3) is 0 Å². The van der Waals surface area contributed by atoms with Crippen LogP contribution in [0.1, 0.15) is 19.8 Å². The van der Waals surface area contributed by atoms with Gasteiger partial charge in [0.15, 0.2) is 0 Å². The van der Waals surface area contributed by atoms with Gasteiger partial charge in [0, 0.05) is 18.4 Å². The van der Waals surface area contributed by atoms with Crippen LogP contribution in [0.3, 0.4) is 0 Å². The smallest absolute Gasteiger partial charge is 0.257 e. The minimum absolute atomic E-state index is 0.257. The third-order valence-corrected chi connectivity index (χ3v) is 1.55. The van der Waals surface area contributed by atoms with E-state index in [9.17, 15) is 9.59 Å². The SMILES string of the molecule is CCCC=CN1C(=O)C=CC1=O. The number of hydrogen-bond acceptors (Lipinski definition) is 2. The van der Waals surface area contributed by atoms with Crippen LogP contribution in [-0.2, 0) is 9.59 Å². The summed E-state index contributed by atoms with van der Waals surface area (Å²) in [7, 11) is 0. The van der Waals surface area contributed by atoms with E-state index in [4.69, 9.17) is 0 Å². The first-order valence-electron chi connectivity index (χ1n) is 3.97. The maximum absolute atomic E-state index is 10.9. The van der Waals surface area contributed by atoms with Gasteiger partial charge in [0.05, 0.1) is 0 Å². The van der Waals surface area contributed by atoms with Gasteiger partial charge < -0.3 is 0 Å². The van der Waals surface area contributed by atoms with E-state index in [2.05, 4.69) is 0 Å². The number of imide groups is 1. The fourth-order valence-corrected chi connectivity index (χ4v) is 0.905. The van der Waals surface area contributed by atoms with Crippen molar-refractivity contribution in [2.24, 2.45) is 0 Å². The second kappa shape index (κ2) is 3.85.